The van der Waals surface area contributed by atoms with Crippen LogP contribution in [-0.4, -0.2) is 23.2 Å². The van der Waals surface area contributed by atoms with Crippen LogP contribution in [0.15, 0.2) is 48.5 Å². The number of methoxy groups -OCH3 is 1. The van der Waals surface area contributed by atoms with Gasteiger partial charge < -0.3 is 9.84 Å². The fourth-order valence-corrected chi connectivity index (χ4v) is 2.80. The average molecular weight is 335 g/mol. The summed E-state index contributed by atoms with van der Waals surface area (Å²) in [5, 5.41) is 10.2. The van der Waals surface area contributed by atoms with Crippen molar-refractivity contribution in [3.05, 3.63) is 59.7 Å². The number of pyridine rings is 1. The maximum absolute atomic E-state index is 11.7. The first-order chi connectivity index (χ1) is 11.8. The van der Waals surface area contributed by atoms with Gasteiger partial charge in [-0.25, -0.2) is 9.78 Å². The van der Waals surface area contributed by atoms with Crippen molar-refractivity contribution in [3.8, 4) is 17.0 Å². The molecule has 0 aliphatic rings. The summed E-state index contributed by atoms with van der Waals surface area (Å²) in [5.41, 5.74) is 3.69. The molecule has 0 amide bonds. The SMILES string of the molecule is COc1ccc2nc(-c3ccc(C(C)(C)C)cc3)cc(C(=O)O)c2c1. The number of benzene rings is 2. The zero-order valence-electron chi connectivity index (χ0n) is 14.8. The smallest absolute Gasteiger partial charge is 0.336 e. The molecule has 3 aromatic rings. The highest BCUT2D eigenvalue weighted by Crippen LogP contribution is 2.29. The lowest BCUT2D eigenvalue weighted by Gasteiger charge is -2.19. The second kappa shape index (κ2) is 6.20. The van der Waals surface area contributed by atoms with E-state index >= 15 is 0 Å². The molecule has 4 nitrogen and oxygen atoms in total. The summed E-state index contributed by atoms with van der Waals surface area (Å²) in [6.45, 7) is 6.48. The normalized spacial score (nSPS) is 11.5. The molecule has 3 rings (SSSR count). The second-order valence-electron chi connectivity index (χ2n) is 7.07. The van der Waals surface area contributed by atoms with Gasteiger partial charge in [0.05, 0.1) is 23.9 Å². The van der Waals surface area contributed by atoms with E-state index in [4.69, 9.17) is 4.74 Å². The number of carboxylic acids is 1. The molecule has 0 saturated heterocycles. The van der Waals surface area contributed by atoms with Gasteiger partial charge in [-0.15, -0.1) is 0 Å². The van der Waals surface area contributed by atoms with Crippen molar-refractivity contribution < 1.29 is 14.6 Å². The van der Waals surface area contributed by atoms with E-state index in [0.717, 1.165) is 5.56 Å². The minimum Gasteiger partial charge on any atom is -0.497 e. The van der Waals surface area contributed by atoms with Gasteiger partial charge in [-0.3, -0.25) is 0 Å². The number of carbonyl (C=O) groups is 1. The lowest BCUT2D eigenvalue weighted by atomic mass is 9.86. The number of aromatic nitrogens is 1. The number of aromatic carboxylic acids is 1. The van der Waals surface area contributed by atoms with Crippen molar-refractivity contribution in [1.82, 2.24) is 4.98 Å². The summed E-state index contributed by atoms with van der Waals surface area (Å²) in [6, 6.07) is 15.0. The van der Waals surface area contributed by atoms with E-state index in [0.29, 0.717) is 22.3 Å². The molecular formula is C21H21NO3. The van der Waals surface area contributed by atoms with Crippen molar-refractivity contribution in [2.45, 2.75) is 26.2 Å². The predicted octanol–water partition coefficient (Wildman–Crippen LogP) is 4.91. The lowest BCUT2D eigenvalue weighted by Crippen LogP contribution is -2.10. The fourth-order valence-electron chi connectivity index (χ4n) is 2.80. The van der Waals surface area contributed by atoms with Crippen molar-refractivity contribution in [1.29, 1.82) is 0 Å². The minimum atomic E-state index is -0.979. The zero-order valence-corrected chi connectivity index (χ0v) is 14.8. The molecule has 0 radical (unpaired) electrons. The van der Waals surface area contributed by atoms with Gasteiger partial charge in [-0.05, 0) is 35.2 Å². The van der Waals surface area contributed by atoms with E-state index in [2.05, 4.69) is 37.9 Å². The largest absolute Gasteiger partial charge is 0.497 e. The monoisotopic (exact) mass is 335 g/mol. The van der Waals surface area contributed by atoms with Crippen molar-refractivity contribution in [2.24, 2.45) is 0 Å². The Hall–Kier alpha value is -2.88. The van der Waals surface area contributed by atoms with Crippen LogP contribution in [0.5, 0.6) is 5.75 Å². The third kappa shape index (κ3) is 3.33. The van der Waals surface area contributed by atoms with Crippen LogP contribution >= 0.6 is 0 Å². The van der Waals surface area contributed by atoms with Gasteiger partial charge in [0.2, 0.25) is 0 Å². The fraction of sp³-hybridized carbons (Fsp3) is 0.238. The molecule has 0 atom stereocenters. The van der Waals surface area contributed by atoms with Crippen molar-refractivity contribution >= 4 is 16.9 Å². The molecule has 4 heteroatoms. The Morgan fingerprint density at radius 1 is 1.04 bits per heavy atom. The van der Waals surface area contributed by atoms with Gasteiger partial charge >= 0.3 is 5.97 Å². The van der Waals surface area contributed by atoms with Crippen LogP contribution in [0.3, 0.4) is 0 Å². The number of rotatable bonds is 3. The molecule has 128 valence electrons. The first kappa shape index (κ1) is 17.0. The third-order valence-corrected chi connectivity index (χ3v) is 4.29. The maximum atomic E-state index is 11.7. The molecule has 2 aromatic carbocycles. The first-order valence-electron chi connectivity index (χ1n) is 8.12. The number of hydrogen-bond donors (Lipinski definition) is 1. The van der Waals surface area contributed by atoms with Crippen LogP contribution in [0.1, 0.15) is 36.7 Å². The van der Waals surface area contributed by atoms with Gasteiger partial charge in [0.1, 0.15) is 5.75 Å². The van der Waals surface area contributed by atoms with Crippen LogP contribution in [0, 0.1) is 0 Å². The number of ether oxygens (including phenoxy) is 1. The molecule has 0 aliphatic carbocycles. The number of fused-ring (bicyclic) bond motifs is 1. The number of carboxylic acid groups (broad SMARTS) is 1. The summed E-state index contributed by atoms with van der Waals surface area (Å²) in [4.78, 5) is 16.4. The summed E-state index contributed by atoms with van der Waals surface area (Å²) < 4.78 is 5.20. The standard InChI is InChI=1S/C21H21NO3/c1-21(2,3)14-7-5-13(6-8-14)19-12-17(20(23)24)16-11-15(25-4)9-10-18(16)22-19/h5-12H,1-4H3,(H,23,24). The predicted molar refractivity (Wildman–Crippen MR) is 99.4 cm³/mol. The van der Waals surface area contributed by atoms with Crippen LogP contribution < -0.4 is 4.74 Å². The zero-order chi connectivity index (χ0) is 18.2. The molecule has 0 unspecified atom stereocenters. The average Bonchev–Trinajstić information content (AvgIpc) is 2.59. The third-order valence-electron chi connectivity index (χ3n) is 4.29. The molecule has 25 heavy (non-hydrogen) atoms. The van der Waals surface area contributed by atoms with E-state index in [9.17, 15) is 9.90 Å². The van der Waals surface area contributed by atoms with E-state index in [1.165, 1.54) is 5.56 Å². The summed E-state index contributed by atoms with van der Waals surface area (Å²) in [7, 11) is 1.56. The summed E-state index contributed by atoms with van der Waals surface area (Å²) >= 11 is 0. The minimum absolute atomic E-state index is 0.0676. The second-order valence-corrected chi connectivity index (χ2v) is 7.07. The van der Waals surface area contributed by atoms with E-state index < -0.39 is 5.97 Å². The molecule has 0 saturated carbocycles. The molecular weight excluding hydrogens is 314 g/mol. The van der Waals surface area contributed by atoms with Crippen molar-refractivity contribution in [3.63, 3.8) is 0 Å². The van der Waals surface area contributed by atoms with E-state index in [-0.39, 0.29) is 11.0 Å². The van der Waals surface area contributed by atoms with Gasteiger partial charge in [-0.1, -0.05) is 45.0 Å². The molecule has 1 aromatic heterocycles. The van der Waals surface area contributed by atoms with Gasteiger partial charge in [0, 0.05) is 10.9 Å². The summed E-state index contributed by atoms with van der Waals surface area (Å²) in [6.07, 6.45) is 0. The Labute approximate surface area is 147 Å². The lowest BCUT2D eigenvalue weighted by molar-refractivity contribution is 0.0699. The van der Waals surface area contributed by atoms with Crippen molar-refractivity contribution in [2.75, 3.05) is 7.11 Å². The maximum Gasteiger partial charge on any atom is 0.336 e. The van der Waals surface area contributed by atoms with Crippen LogP contribution in [0.25, 0.3) is 22.2 Å². The Morgan fingerprint density at radius 2 is 1.72 bits per heavy atom. The Balaban J connectivity index is 2.15. The van der Waals surface area contributed by atoms with Crippen LogP contribution in [0.2, 0.25) is 0 Å². The highest BCUT2D eigenvalue weighted by Gasteiger charge is 2.16. The topological polar surface area (TPSA) is 59.4 Å². The Kier molecular flexibility index (Phi) is 4.21. The molecule has 0 spiro atoms. The Bertz CT molecular complexity index is 938. The van der Waals surface area contributed by atoms with Gasteiger partial charge in [-0.2, -0.15) is 0 Å². The van der Waals surface area contributed by atoms with Crippen LogP contribution in [0.4, 0.5) is 0 Å². The first-order valence-corrected chi connectivity index (χ1v) is 8.12. The van der Waals surface area contributed by atoms with Gasteiger partial charge in [0.15, 0.2) is 0 Å². The highest BCUT2D eigenvalue weighted by molar-refractivity contribution is 6.04. The molecule has 0 bridgehead atoms. The van der Waals surface area contributed by atoms with E-state index in [1.807, 2.05) is 12.1 Å². The van der Waals surface area contributed by atoms with E-state index in [1.54, 1.807) is 31.4 Å². The molecule has 0 aliphatic heterocycles. The number of hydrogen-bond acceptors (Lipinski definition) is 3. The number of nitrogens with zero attached hydrogens (tertiary/aromatic N) is 1. The summed E-state index contributed by atoms with van der Waals surface area (Å²) in [5.74, 6) is -0.368. The quantitative estimate of drug-likeness (QED) is 0.739. The van der Waals surface area contributed by atoms with Gasteiger partial charge in [0.25, 0.3) is 0 Å². The highest BCUT2D eigenvalue weighted by atomic mass is 16.5. The molecule has 1 heterocycles. The molecule has 1 N–H and O–H groups in total. The van der Waals surface area contributed by atoms with Crippen LogP contribution in [-0.2, 0) is 5.41 Å². The molecule has 0 fully saturated rings. The Morgan fingerprint density at radius 3 is 2.28 bits per heavy atom.